The number of methoxy groups -OCH3 is 2. The van der Waals surface area contributed by atoms with Crippen molar-refractivity contribution >= 4 is 23.0 Å². The van der Waals surface area contributed by atoms with Gasteiger partial charge in [0, 0.05) is 30.4 Å². The van der Waals surface area contributed by atoms with E-state index < -0.39 is 0 Å². The lowest BCUT2D eigenvalue weighted by molar-refractivity contribution is 0.395. The maximum atomic E-state index is 5.32. The molecule has 2 rings (SSSR count). The Balaban J connectivity index is 1.78. The normalized spacial score (nSPS) is 10.0. The highest BCUT2D eigenvalue weighted by atomic mass is 32.1. The Morgan fingerprint density at radius 1 is 1.00 bits per heavy atom. The number of anilines is 1. The zero-order valence-electron chi connectivity index (χ0n) is 13.5. The molecule has 4 nitrogen and oxygen atoms in total. The van der Waals surface area contributed by atoms with Crippen molar-refractivity contribution in [2.75, 3.05) is 26.1 Å². The predicted octanol–water partition coefficient (Wildman–Crippen LogP) is 3.62. The van der Waals surface area contributed by atoms with E-state index in [2.05, 4.69) is 34.9 Å². The highest BCUT2D eigenvalue weighted by Crippen LogP contribution is 2.25. The maximum absolute atomic E-state index is 5.32. The quantitative estimate of drug-likeness (QED) is 0.599. The maximum Gasteiger partial charge on any atom is 0.170 e. The summed E-state index contributed by atoms with van der Waals surface area (Å²) in [7, 11) is 3.25. The molecule has 23 heavy (non-hydrogen) atoms. The van der Waals surface area contributed by atoms with Crippen LogP contribution in [0.2, 0.25) is 0 Å². The third kappa shape index (κ3) is 5.79. The fourth-order valence-electron chi connectivity index (χ4n) is 2.19. The average molecular weight is 330 g/mol. The van der Waals surface area contributed by atoms with Crippen LogP contribution in [0.3, 0.4) is 0 Å². The summed E-state index contributed by atoms with van der Waals surface area (Å²) in [4.78, 5) is 0. The minimum absolute atomic E-state index is 0.591. The van der Waals surface area contributed by atoms with Gasteiger partial charge in [-0.3, -0.25) is 0 Å². The summed E-state index contributed by atoms with van der Waals surface area (Å²) < 4.78 is 10.5. The van der Waals surface area contributed by atoms with Gasteiger partial charge in [0.1, 0.15) is 11.5 Å². The molecule has 0 aliphatic heterocycles. The summed E-state index contributed by atoms with van der Waals surface area (Å²) in [5.41, 5.74) is 2.17. The second kappa shape index (κ2) is 9.00. The Hall–Kier alpha value is -2.27. The highest BCUT2D eigenvalue weighted by Gasteiger charge is 2.03. The van der Waals surface area contributed by atoms with Crippen LogP contribution < -0.4 is 20.1 Å². The van der Waals surface area contributed by atoms with Gasteiger partial charge in [0.2, 0.25) is 0 Å². The van der Waals surface area contributed by atoms with E-state index in [1.165, 1.54) is 5.56 Å². The summed E-state index contributed by atoms with van der Waals surface area (Å²) in [6.07, 6.45) is 2.05. The van der Waals surface area contributed by atoms with Gasteiger partial charge in [-0.1, -0.05) is 30.3 Å². The summed E-state index contributed by atoms with van der Waals surface area (Å²) >= 11 is 5.32. The lowest BCUT2D eigenvalue weighted by Gasteiger charge is -2.13. The summed E-state index contributed by atoms with van der Waals surface area (Å²) in [5.74, 6) is 1.44. The molecule has 0 amide bonds. The van der Waals surface area contributed by atoms with Crippen molar-refractivity contribution in [2.24, 2.45) is 0 Å². The van der Waals surface area contributed by atoms with Gasteiger partial charge in [-0.05, 0) is 30.6 Å². The zero-order valence-corrected chi connectivity index (χ0v) is 14.3. The van der Waals surface area contributed by atoms with Crippen LogP contribution >= 0.6 is 12.2 Å². The minimum Gasteiger partial charge on any atom is -0.497 e. The molecule has 2 aromatic carbocycles. The SMILES string of the molecule is COc1cc(NC(=S)NCCCc2ccccc2)cc(OC)c1. The minimum atomic E-state index is 0.591. The molecule has 5 heteroatoms. The van der Waals surface area contributed by atoms with Crippen molar-refractivity contribution in [3.05, 3.63) is 54.1 Å². The molecule has 122 valence electrons. The molecule has 0 fully saturated rings. The molecular formula is C18H22N2O2S. The lowest BCUT2D eigenvalue weighted by atomic mass is 10.1. The molecule has 0 aliphatic carbocycles. The molecule has 2 aromatic rings. The number of benzene rings is 2. The Labute approximate surface area is 142 Å². The van der Waals surface area contributed by atoms with Crippen LogP contribution in [0.4, 0.5) is 5.69 Å². The van der Waals surface area contributed by atoms with E-state index in [-0.39, 0.29) is 0 Å². The zero-order chi connectivity index (χ0) is 16.5. The van der Waals surface area contributed by atoms with Crippen molar-refractivity contribution in [1.82, 2.24) is 5.32 Å². The van der Waals surface area contributed by atoms with Crippen molar-refractivity contribution in [1.29, 1.82) is 0 Å². The molecular weight excluding hydrogens is 308 g/mol. The van der Waals surface area contributed by atoms with Gasteiger partial charge in [-0.15, -0.1) is 0 Å². The highest BCUT2D eigenvalue weighted by molar-refractivity contribution is 7.80. The molecule has 0 unspecified atom stereocenters. The first-order chi connectivity index (χ1) is 11.2. The largest absolute Gasteiger partial charge is 0.497 e. The Bertz CT molecular complexity index is 610. The molecule has 0 spiro atoms. The molecule has 0 aliphatic rings. The fraction of sp³-hybridized carbons (Fsp3) is 0.278. The number of aryl methyl sites for hydroxylation is 1. The van der Waals surface area contributed by atoms with Gasteiger partial charge < -0.3 is 20.1 Å². The van der Waals surface area contributed by atoms with Crippen LogP contribution in [0.1, 0.15) is 12.0 Å². The average Bonchev–Trinajstić information content (AvgIpc) is 2.59. The number of thiocarbonyl (C=S) groups is 1. The molecule has 0 bridgehead atoms. The van der Waals surface area contributed by atoms with E-state index in [0.29, 0.717) is 5.11 Å². The van der Waals surface area contributed by atoms with Crippen LogP contribution in [-0.4, -0.2) is 25.9 Å². The molecule has 0 radical (unpaired) electrons. The first kappa shape index (κ1) is 17.1. The standard InChI is InChI=1S/C18H22N2O2S/c1-21-16-11-15(12-17(13-16)22-2)20-18(23)19-10-6-9-14-7-4-3-5-8-14/h3-5,7-8,11-13H,6,9-10H2,1-2H3,(H2,19,20,23). The number of hydrogen-bond donors (Lipinski definition) is 2. The lowest BCUT2D eigenvalue weighted by Crippen LogP contribution is -2.29. The second-order valence-electron chi connectivity index (χ2n) is 5.07. The molecule has 2 N–H and O–H groups in total. The number of ether oxygens (including phenoxy) is 2. The third-order valence-corrected chi connectivity index (χ3v) is 3.63. The van der Waals surface area contributed by atoms with Crippen molar-refractivity contribution < 1.29 is 9.47 Å². The van der Waals surface area contributed by atoms with Gasteiger partial charge in [0.05, 0.1) is 14.2 Å². The molecule has 0 atom stereocenters. The van der Waals surface area contributed by atoms with Gasteiger partial charge in [0.25, 0.3) is 0 Å². The van der Waals surface area contributed by atoms with E-state index in [4.69, 9.17) is 21.7 Å². The molecule has 0 saturated carbocycles. The van der Waals surface area contributed by atoms with Crippen molar-refractivity contribution in [3.63, 3.8) is 0 Å². The smallest absolute Gasteiger partial charge is 0.170 e. The number of rotatable bonds is 7. The van der Waals surface area contributed by atoms with Crippen molar-refractivity contribution in [2.45, 2.75) is 12.8 Å². The van der Waals surface area contributed by atoms with Crippen LogP contribution in [0, 0.1) is 0 Å². The van der Waals surface area contributed by atoms with E-state index in [0.717, 1.165) is 36.6 Å². The van der Waals surface area contributed by atoms with E-state index >= 15 is 0 Å². The number of nitrogens with one attached hydrogen (secondary N) is 2. The monoisotopic (exact) mass is 330 g/mol. The summed E-state index contributed by atoms with van der Waals surface area (Å²) in [6.45, 7) is 0.821. The summed E-state index contributed by atoms with van der Waals surface area (Å²) in [5, 5.41) is 6.96. The molecule has 0 heterocycles. The Morgan fingerprint density at radius 2 is 1.65 bits per heavy atom. The van der Waals surface area contributed by atoms with Crippen LogP contribution in [0.5, 0.6) is 11.5 Å². The van der Waals surface area contributed by atoms with Gasteiger partial charge >= 0.3 is 0 Å². The van der Waals surface area contributed by atoms with Gasteiger partial charge in [-0.2, -0.15) is 0 Å². The number of hydrogen-bond acceptors (Lipinski definition) is 3. The van der Waals surface area contributed by atoms with E-state index in [1.54, 1.807) is 14.2 Å². The van der Waals surface area contributed by atoms with Gasteiger partial charge in [-0.25, -0.2) is 0 Å². The topological polar surface area (TPSA) is 42.5 Å². The Kier molecular flexibility index (Phi) is 6.69. The molecule has 0 aromatic heterocycles. The Morgan fingerprint density at radius 3 is 2.26 bits per heavy atom. The second-order valence-corrected chi connectivity index (χ2v) is 5.48. The van der Waals surface area contributed by atoms with E-state index in [1.807, 2.05) is 24.3 Å². The fourth-order valence-corrected chi connectivity index (χ4v) is 2.41. The first-order valence-corrected chi connectivity index (χ1v) is 7.94. The van der Waals surface area contributed by atoms with Crippen LogP contribution in [0.25, 0.3) is 0 Å². The van der Waals surface area contributed by atoms with Crippen LogP contribution in [0.15, 0.2) is 48.5 Å². The molecule has 0 saturated heterocycles. The van der Waals surface area contributed by atoms with Crippen LogP contribution in [-0.2, 0) is 6.42 Å². The first-order valence-electron chi connectivity index (χ1n) is 7.53. The third-order valence-electron chi connectivity index (χ3n) is 3.38. The van der Waals surface area contributed by atoms with Gasteiger partial charge in [0.15, 0.2) is 5.11 Å². The van der Waals surface area contributed by atoms with Crippen molar-refractivity contribution in [3.8, 4) is 11.5 Å². The summed E-state index contributed by atoms with van der Waals surface area (Å²) in [6, 6.07) is 16.0. The predicted molar refractivity (Wildman–Crippen MR) is 98.5 cm³/mol. The van der Waals surface area contributed by atoms with E-state index in [9.17, 15) is 0 Å².